The molecule has 12 heavy (non-hydrogen) atoms. The minimum Gasteiger partial charge on any atom is -0.393 e. The van der Waals surface area contributed by atoms with Gasteiger partial charge in [-0.15, -0.1) is 9.24 Å². The van der Waals surface area contributed by atoms with Crippen LogP contribution in [0, 0.1) is 11.8 Å². The summed E-state index contributed by atoms with van der Waals surface area (Å²) < 4.78 is 0. The van der Waals surface area contributed by atoms with E-state index in [1.807, 2.05) is 0 Å². The lowest BCUT2D eigenvalue weighted by molar-refractivity contribution is 0.125. The Morgan fingerprint density at radius 1 is 1.50 bits per heavy atom. The number of hydrogen-bond acceptors (Lipinski definition) is 1. The molecule has 1 saturated carbocycles. The summed E-state index contributed by atoms with van der Waals surface area (Å²) in [6, 6.07) is 0. The van der Waals surface area contributed by atoms with Crippen molar-refractivity contribution in [2.45, 2.75) is 51.3 Å². The van der Waals surface area contributed by atoms with E-state index in [2.05, 4.69) is 23.1 Å². The number of rotatable bonds is 3. The minimum absolute atomic E-state index is 0.0187. The van der Waals surface area contributed by atoms with Gasteiger partial charge in [-0.3, -0.25) is 0 Å². The van der Waals surface area contributed by atoms with Crippen molar-refractivity contribution in [1.82, 2.24) is 0 Å². The molecular formula is C10H21OP. The predicted octanol–water partition coefficient (Wildman–Crippen LogP) is 2.44. The van der Waals surface area contributed by atoms with Gasteiger partial charge < -0.3 is 5.11 Å². The molecule has 1 aliphatic carbocycles. The molecule has 0 heterocycles. The van der Waals surface area contributed by atoms with Gasteiger partial charge in [-0.05, 0) is 43.2 Å². The molecule has 1 aliphatic rings. The first-order chi connectivity index (χ1) is 5.61. The summed E-state index contributed by atoms with van der Waals surface area (Å²) in [5.41, 5.74) is 0.731. The predicted molar refractivity (Wildman–Crippen MR) is 56.3 cm³/mol. The first kappa shape index (κ1) is 10.5. The van der Waals surface area contributed by atoms with Gasteiger partial charge >= 0.3 is 0 Å². The molecule has 0 bridgehead atoms. The van der Waals surface area contributed by atoms with Crippen molar-refractivity contribution in [3.05, 3.63) is 0 Å². The molecule has 2 heteroatoms. The molecule has 0 spiro atoms. The lowest BCUT2D eigenvalue weighted by Crippen LogP contribution is -2.15. The van der Waals surface area contributed by atoms with Gasteiger partial charge in [0.25, 0.3) is 0 Å². The normalized spacial score (nSPS) is 38.5. The molecule has 5 atom stereocenters. The van der Waals surface area contributed by atoms with Crippen LogP contribution in [0.5, 0.6) is 0 Å². The third-order valence-corrected chi connectivity index (χ3v) is 3.51. The maximum atomic E-state index is 9.53. The summed E-state index contributed by atoms with van der Waals surface area (Å²) in [5, 5.41) is 9.53. The lowest BCUT2D eigenvalue weighted by Gasteiger charge is -2.17. The molecule has 0 aromatic heterocycles. The summed E-state index contributed by atoms with van der Waals surface area (Å²) in [6.45, 7) is 4.43. The standard InChI is InChI=1S/C10H21OP/c1-7(12)3-4-9-5-6-10(11)8(9)2/h7-11H,3-6,12H2,1-2H3. The van der Waals surface area contributed by atoms with Crippen molar-refractivity contribution in [2.24, 2.45) is 11.8 Å². The third-order valence-electron chi connectivity index (χ3n) is 3.18. The summed E-state index contributed by atoms with van der Waals surface area (Å²) in [6.07, 6.45) is 4.82. The van der Waals surface area contributed by atoms with Gasteiger partial charge in [0.05, 0.1) is 6.10 Å². The van der Waals surface area contributed by atoms with Crippen LogP contribution in [0.2, 0.25) is 0 Å². The molecule has 0 aromatic rings. The van der Waals surface area contributed by atoms with Gasteiger partial charge in [0, 0.05) is 0 Å². The van der Waals surface area contributed by atoms with Crippen LogP contribution in [-0.4, -0.2) is 16.9 Å². The second-order valence-corrected chi connectivity index (χ2v) is 5.46. The molecule has 0 radical (unpaired) electrons. The quantitative estimate of drug-likeness (QED) is 0.674. The Hall–Kier alpha value is 0.390. The van der Waals surface area contributed by atoms with E-state index in [-0.39, 0.29) is 6.10 Å². The second-order valence-electron chi connectivity index (χ2n) is 4.32. The maximum absolute atomic E-state index is 9.53. The Labute approximate surface area is 78.1 Å². The van der Waals surface area contributed by atoms with E-state index in [1.54, 1.807) is 0 Å². The first-order valence-electron chi connectivity index (χ1n) is 5.05. The van der Waals surface area contributed by atoms with Crippen LogP contribution in [-0.2, 0) is 0 Å². The zero-order valence-corrected chi connectivity index (χ0v) is 9.32. The van der Waals surface area contributed by atoms with E-state index in [0.29, 0.717) is 5.92 Å². The number of aliphatic hydroxyl groups is 1. The van der Waals surface area contributed by atoms with Crippen LogP contribution < -0.4 is 0 Å². The Morgan fingerprint density at radius 3 is 2.58 bits per heavy atom. The molecule has 0 saturated heterocycles. The SMILES string of the molecule is CC(P)CCC1CCC(O)C1C. The van der Waals surface area contributed by atoms with E-state index < -0.39 is 0 Å². The van der Waals surface area contributed by atoms with Crippen LogP contribution in [0.15, 0.2) is 0 Å². The van der Waals surface area contributed by atoms with Gasteiger partial charge in [-0.1, -0.05) is 13.8 Å². The number of aliphatic hydroxyl groups excluding tert-OH is 1. The third kappa shape index (κ3) is 2.71. The number of hydrogen-bond donors (Lipinski definition) is 1. The molecule has 1 rings (SSSR count). The molecule has 0 aliphatic heterocycles. The molecule has 1 N–H and O–H groups in total. The van der Waals surface area contributed by atoms with Gasteiger partial charge in [0.1, 0.15) is 0 Å². The fourth-order valence-corrected chi connectivity index (χ4v) is 2.30. The molecule has 1 nitrogen and oxygen atoms in total. The van der Waals surface area contributed by atoms with E-state index in [1.165, 1.54) is 19.3 Å². The van der Waals surface area contributed by atoms with Crippen molar-refractivity contribution in [3.8, 4) is 0 Å². The molecule has 72 valence electrons. The zero-order valence-electron chi connectivity index (χ0n) is 8.16. The molecule has 5 unspecified atom stereocenters. The molecular weight excluding hydrogens is 167 g/mol. The van der Waals surface area contributed by atoms with Crippen molar-refractivity contribution >= 4 is 9.24 Å². The Bertz CT molecular complexity index is 136. The van der Waals surface area contributed by atoms with Crippen LogP contribution in [0.3, 0.4) is 0 Å². The lowest BCUT2D eigenvalue weighted by atomic mass is 9.92. The molecule has 1 fully saturated rings. The monoisotopic (exact) mass is 188 g/mol. The first-order valence-corrected chi connectivity index (χ1v) is 5.71. The van der Waals surface area contributed by atoms with Crippen LogP contribution in [0.25, 0.3) is 0 Å². The highest BCUT2D eigenvalue weighted by Crippen LogP contribution is 2.35. The van der Waals surface area contributed by atoms with Crippen LogP contribution in [0.4, 0.5) is 0 Å². The van der Waals surface area contributed by atoms with E-state index in [0.717, 1.165) is 18.0 Å². The average molecular weight is 188 g/mol. The highest BCUT2D eigenvalue weighted by Gasteiger charge is 2.30. The van der Waals surface area contributed by atoms with Gasteiger partial charge in [-0.25, -0.2) is 0 Å². The second kappa shape index (κ2) is 4.58. The van der Waals surface area contributed by atoms with Crippen LogP contribution in [0.1, 0.15) is 39.5 Å². The summed E-state index contributed by atoms with van der Waals surface area (Å²) in [5.74, 6) is 1.32. The van der Waals surface area contributed by atoms with Crippen molar-refractivity contribution in [3.63, 3.8) is 0 Å². The summed E-state index contributed by atoms with van der Waals surface area (Å²) in [4.78, 5) is 0. The molecule has 0 aromatic carbocycles. The minimum atomic E-state index is -0.0187. The summed E-state index contributed by atoms with van der Waals surface area (Å²) >= 11 is 0. The van der Waals surface area contributed by atoms with E-state index in [9.17, 15) is 5.11 Å². The molecule has 0 amide bonds. The smallest absolute Gasteiger partial charge is 0.0568 e. The Balaban J connectivity index is 2.24. The van der Waals surface area contributed by atoms with Gasteiger partial charge in [-0.2, -0.15) is 0 Å². The van der Waals surface area contributed by atoms with E-state index in [4.69, 9.17) is 0 Å². The topological polar surface area (TPSA) is 20.2 Å². The average Bonchev–Trinajstić information content (AvgIpc) is 2.30. The summed E-state index contributed by atoms with van der Waals surface area (Å²) in [7, 11) is 2.84. The zero-order chi connectivity index (χ0) is 9.14. The van der Waals surface area contributed by atoms with Crippen molar-refractivity contribution in [1.29, 1.82) is 0 Å². The van der Waals surface area contributed by atoms with Gasteiger partial charge in [0.2, 0.25) is 0 Å². The van der Waals surface area contributed by atoms with Crippen molar-refractivity contribution in [2.75, 3.05) is 0 Å². The Kier molecular flexibility index (Phi) is 3.99. The van der Waals surface area contributed by atoms with Crippen molar-refractivity contribution < 1.29 is 5.11 Å². The van der Waals surface area contributed by atoms with E-state index >= 15 is 0 Å². The van der Waals surface area contributed by atoms with Gasteiger partial charge in [0.15, 0.2) is 0 Å². The maximum Gasteiger partial charge on any atom is 0.0568 e. The fourth-order valence-electron chi connectivity index (χ4n) is 2.11. The van der Waals surface area contributed by atoms with Crippen LogP contribution >= 0.6 is 9.24 Å². The fraction of sp³-hybridized carbons (Fsp3) is 1.00. The largest absolute Gasteiger partial charge is 0.393 e. The highest BCUT2D eigenvalue weighted by atomic mass is 31.0. The Morgan fingerprint density at radius 2 is 2.17 bits per heavy atom. The highest BCUT2D eigenvalue weighted by molar-refractivity contribution is 7.17.